The number of rotatable bonds is 18. The van der Waals surface area contributed by atoms with E-state index in [-0.39, 0.29) is 13.0 Å². The molecule has 7 heteroatoms. The van der Waals surface area contributed by atoms with Crippen LogP contribution >= 0.6 is 11.3 Å². The summed E-state index contributed by atoms with van der Waals surface area (Å²) in [5, 5.41) is 29.8. The molecule has 0 saturated carbocycles. The lowest BCUT2D eigenvalue weighted by molar-refractivity contribution is -0.156. The molecule has 29 heavy (non-hydrogen) atoms. The van der Waals surface area contributed by atoms with Gasteiger partial charge in [0.2, 0.25) is 0 Å². The molecule has 0 amide bonds. The van der Waals surface area contributed by atoms with Gasteiger partial charge in [-0.05, 0) is 29.9 Å². The van der Waals surface area contributed by atoms with Gasteiger partial charge in [-0.15, -0.1) is 11.3 Å². The molecule has 6 nitrogen and oxygen atoms in total. The number of carboxylic acids is 2. The van der Waals surface area contributed by atoms with Gasteiger partial charge in [-0.3, -0.25) is 4.79 Å². The van der Waals surface area contributed by atoms with E-state index in [9.17, 15) is 19.8 Å². The van der Waals surface area contributed by atoms with Crippen molar-refractivity contribution >= 4 is 23.3 Å². The molecule has 1 heterocycles. The molecule has 0 fully saturated rings. The smallest absolute Gasteiger partial charge is 0.335 e. The van der Waals surface area contributed by atoms with Crippen molar-refractivity contribution in [2.75, 3.05) is 6.61 Å². The van der Waals surface area contributed by atoms with Gasteiger partial charge < -0.3 is 20.1 Å². The van der Waals surface area contributed by atoms with Gasteiger partial charge in [-0.25, -0.2) is 4.79 Å². The summed E-state index contributed by atoms with van der Waals surface area (Å²) in [6.45, 7) is 2.09. The van der Waals surface area contributed by atoms with Crippen molar-refractivity contribution in [3.05, 3.63) is 21.9 Å². The maximum Gasteiger partial charge on any atom is 0.335 e. The van der Waals surface area contributed by atoms with Crippen LogP contribution in [0, 0.1) is 0 Å². The number of carbonyl (C=O) groups is 2. The number of aryl methyl sites for hydroxylation is 1. The molecule has 1 aromatic rings. The first kappa shape index (κ1) is 25.6. The van der Waals surface area contributed by atoms with Gasteiger partial charge in [0.25, 0.3) is 0 Å². The van der Waals surface area contributed by atoms with Gasteiger partial charge >= 0.3 is 11.9 Å². The van der Waals surface area contributed by atoms with Gasteiger partial charge in [0, 0.05) is 4.88 Å². The Bertz CT molecular complexity index is 586. The third-order valence-electron chi connectivity index (χ3n) is 4.99. The minimum Gasteiger partial charge on any atom is -0.481 e. The third-order valence-corrected chi connectivity index (χ3v) is 6.01. The molecule has 166 valence electrons. The molecule has 3 N–H and O–H groups in total. The number of ether oxygens (including phenoxy) is 1. The quantitative estimate of drug-likeness (QED) is 0.278. The molecule has 2 atom stereocenters. The number of hydrogen-bond donors (Lipinski definition) is 3. The SMILES string of the molecule is CCCCCCCCCCCCc1ccsc1C(OCCC(=O)O)C(O)C(=O)O. The summed E-state index contributed by atoms with van der Waals surface area (Å²) >= 11 is 1.35. The summed E-state index contributed by atoms with van der Waals surface area (Å²) in [7, 11) is 0. The fourth-order valence-electron chi connectivity index (χ4n) is 3.32. The Morgan fingerprint density at radius 1 is 1.00 bits per heavy atom. The second kappa shape index (κ2) is 15.4. The maximum atomic E-state index is 11.2. The van der Waals surface area contributed by atoms with Gasteiger partial charge in [-0.1, -0.05) is 64.7 Å². The molecule has 0 bridgehead atoms. The molecular formula is C22H36O6S. The van der Waals surface area contributed by atoms with E-state index < -0.39 is 24.1 Å². The highest BCUT2D eigenvalue weighted by Crippen LogP contribution is 2.31. The number of aliphatic hydroxyl groups is 1. The fourth-order valence-corrected chi connectivity index (χ4v) is 4.35. The van der Waals surface area contributed by atoms with Crippen molar-refractivity contribution in [2.45, 2.75) is 96.2 Å². The average molecular weight is 429 g/mol. The Kier molecular flexibility index (Phi) is 13.6. The van der Waals surface area contributed by atoms with Crippen molar-refractivity contribution in [2.24, 2.45) is 0 Å². The normalized spacial score (nSPS) is 13.3. The maximum absolute atomic E-state index is 11.2. The van der Waals surface area contributed by atoms with Crippen LogP contribution in [-0.4, -0.2) is 40.0 Å². The first-order chi connectivity index (χ1) is 14.0. The number of hydrogen-bond acceptors (Lipinski definition) is 5. The van der Waals surface area contributed by atoms with Gasteiger partial charge in [0.05, 0.1) is 13.0 Å². The Hall–Kier alpha value is -1.44. The summed E-state index contributed by atoms with van der Waals surface area (Å²) in [5.74, 6) is -2.39. The second-order valence-corrected chi connectivity index (χ2v) is 8.41. The lowest BCUT2D eigenvalue weighted by Gasteiger charge is -2.21. The van der Waals surface area contributed by atoms with Crippen LogP contribution in [0.2, 0.25) is 0 Å². The molecule has 0 saturated heterocycles. The van der Waals surface area contributed by atoms with E-state index in [2.05, 4.69) is 6.92 Å². The monoisotopic (exact) mass is 428 g/mol. The predicted octanol–water partition coefficient (Wildman–Crippen LogP) is 5.19. The molecule has 1 rings (SSSR count). The zero-order chi connectivity index (χ0) is 21.5. The number of carboxylic acid groups (broad SMARTS) is 2. The molecule has 2 unspecified atom stereocenters. The van der Waals surface area contributed by atoms with E-state index in [1.54, 1.807) is 0 Å². The van der Waals surface area contributed by atoms with Crippen LogP contribution in [0.15, 0.2) is 11.4 Å². The largest absolute Gasteiger partial charge is 0.481 e. The molecule has 0 aliphatic heterocycles. The highest BCUT2D eigenvalue weighted by molar-refractivity contribution is 7.10. The minimum absolute atomic E-state index is 0.139. The van der Waals surface area contributed by atoms with Gasteiger partial charge in [0.1, 0.15) is 6.10 Å². The highest BCUT2D eigenvalue weighted by Gasteiger charge is 2.31. The first-order valence-corrected chi connectivity index (χ1v) is 11.7. The van der Waals surface area contributed by atoms with Crippen molar-refractivity contribution in [3.63, 3.8) is 0 Å². The van der Waals surface area contributed by atoms with Crippen LogP contribution in [0.25, 0.3) is 0 Å². The lowest BCUT2D eigenvalue weighted by atomic mass is 10.0. The molecule has 1 aromatic heterocycles. The number of unbranched alkanes of at least 4 members (excludes halogenated alkanes) is 9. The topological polar surface area (TPSA) is 104 Å². The summed E-state index contributed by atoms with van der Waals surface area (Å²) in [5.41, 5.74) is 0.982. The predicted molar refractivity (Wildman–Crippen MR) is 114 cm³/mol. The van der Waals surface area contributed by atoms with Crippen LogP contribution in [0.5, 0.6) is 0 Å². The van der Waals surface area contributed by atoms with Crippen molar-refractivity contribution in [1.29, 1.82) is 0 Å². The molecule has 0 radical (unpaired) electrons. The fraction of sp³-hybridized carbons (Fsp3) is 0.727. The first-order valence-electron chi connectivity index (χ1n) is 10.8. The van der Waals surface area contributed by atoms with Crippen molar-refractivity contribution in [1.82, 2.24) is 0 Å². The van der Waals surface area contributed by atoms with Gasteiger partial charge in [-0.2, -0.15) is 0 Å². The Labute approximate surface area is 177 Å². The Balaban J connectivity index is 2.42. The van der Waals surface area contributed by atoms with Crippen LogP contribution in [0.4, 0.5) is 0 Å². The highest BCUT2D eigenvalue weighted by atomic mass is 32.1. The standard InChI is InChI=1S/C22H36O6S/c1-2-3-4-5-6-7-8-9-10-11-12-17-14-16-29-21(17)20(19(25)22(26)27)28-15-13-18(23)24/h14,16,19-20,25H,2-13,15H2,1H3,(H,23,24)(H,26,27). The van der Waals surface area contributed by atoms with E-state index in [1.165, 1.54) is 62.7 Å². The lowest BCUT2D eigenvalue weighted by Crippen LogP contribution is -2.30. The van der Waals surface area contributed by atoms with E-state index in [0.717, 1.165) is 24.8 Å². The summed E-state index contributed by atoms with van der Waals surface area (Å²) in [6, 6.07) is 1.94. The molecular weight excluding hydrogens is 392 g/mol. The summed E-state index contributed by atoms with van der Waals surface area (Å²) in [6.07, 6.45) is 10.3. The Morgan fingerprint density at radius 2 is 1.59 bits per heavy atom. The zero-order valence-electron chi connectivity index (χ0n) is 17.5. The van der Waals surface area contributed by atoms with Crippen molar-refractivity contribution in [3.8, 4) is 0 Å². The molecule has 0 spiro atoms. The van der Waals surface area contributed by atoms with Crippen LogP contribution in [-0.2, 0) is 20.7 Å². The van der Waals surface area contributed by atoms with Crippen LogP contribution < -0.4 is 0 Å². The zero-order valence-corrected chi connectivity index (χ0v) is 18.3. The van der Waals surface area contributed by atoms with Crippen molar-refractivity contribution < 1.29 is 29.6 Å². The number of aliphatic carboxylic acids is 2. The van der Waals surface area contributed by atoms with Crippen LogP contribution in [0.1, 0.15) is 94.1 Å². The number of thiophene rings is 1. The van der Waals surface area contributed by atoms with E-state index in [4.69, 9.17) is 9.84 Å². The minimum atomic E-state index is -1.71. The summed E-state index contributed by atoms with van der Waals surface area (Å²) < 4.78 is 5.46. The van der Waals surface area contributed by atoms with E-state index >= 15 is 0 Å². The molecule has 0 aromatic carbocycles. The molecule has 0 aliphatic carbocycles. The Morgan fingerprint density at radius 3 is 2.14 bits per heavy atom. The average Bonchev–Trinajstić information content (AvgIpc) is 3.14. The van der Waals surface area contributed by atoms with E-state index in [0.29, 0.717) is 4.88 Å². The second-order valence-electron chi connectivity index (χ2n) is 7.46. The van der Waals surface area contributed by atoms with E-state index in [1.807, 2.05) is 11.4 Å². The third kappa shape index (κ3) is 10.8. The number of aliphatic hydroxyl groups excluding tert-OH is 1. The van der Waals surface area contributed by atoms with Crippen LogP contribution in [0.3, 0.4) is 0 Å². The summed E-state index contributed by atoms with van der Waals surface area (Å²) in [4.78, 5) is 22.6. The van der Waals surface area contributed by atoms with Gasteiger partial charge in [0.15, 0.2) is 6.10 Å². The molecule has 0 aliphatic rings.